The molecule has 1 aromatic carbocycles. The van der Waals surface area contributed by atoms with Crippen molar-refractivity contribution in [1.82, 2.24) is 0 Å². The maximum atomic E-state index is 11.7. The summed E-state index contributed by atoms with van der Waals surface area (Å²) in [5.74, 6) is 0.0189. The monoisotopic (exact) mass is 235 g/mol. The number of hydrogen-bond donors (Lipinski definition) is 1. The molecule has 94 valence electrons. The van der Waals surface area contributed by atoms with E-state index in [1.54, 1.807) is 0 Å². The molecule has 0 saturated carbocycles. The van der Waals surface area contributed by atoms with Crippen molar-refractivity contribution in [1.29, 1.82) is 0 Å². The van der Waals surface area contributed by atoms with Crippen molar-refractivity contribution in [2.24, 2.45) is 5.73 Å². The Hall–Kier alpha value is -1.19. The number of nitrogens with two attached hydrogens (primary N) is 1. The van der Waals surface area contributed by atoms with Gasteiger partial charge in [0.2, 0.25) is 0 Å². The minimum absolute atomic E-state index is 0.0189. The van der Waals surface area contributed by atoms with Crippen LogP contribution in [0.3, 0.4) is 0 Å². The van der Waals surface area contributed by atoms with Crippen molar-refractivity contribution in [2.75, 3.05) is 13.2 Å². The van der Waals surface area contributed by atoms with Crippen molar-refractivity contribution in [3.63, 3.8) is 0 Å². The zero-order valence-electron chi connectivity index (χ0n) is 10.8. The number of benzene rings is 1. The smallest absolute Gasteiger partial charge is 0.188 e. The van der Waals surface area contributed by atoms with Gasteiger partial charge in [-0.2, -0.15) is 0 Å². The number of Topliss-reactive ketones (excluding diaryl/α,β-unsaturated/α-hetero) is 1. The first-order valence-corrected chi connectivity index (χ1v) is 5.91. The number of ketones is 1. The van der Waals surface area contributed by atoms with Crippen molar-refractivity contribution in [3.05, 3.63) is 35.4 Å². The average molecular weight is 235 g/mol. The molecule has 1 aromatic rings. The van der Waals surface area contributed by atoms with Crippen molar-refractivity contribution < 1.29 is 9.53 Å². The highest BCUT2D eigenvalue weighted by Gasteiger charge is 2.12. The van der Waals surface area contributed by atoms with Crippen LogP contribution in [-0.2, 0) is 11.2 Å². The summed E-state index contributed by atoms with van der Waals surface area (Å²) in [5.41, 5.74) is 7.55. The summed E-state index contributed by atoms with van der Waals surface area (Å²) in [7, 11) is 0. The van der Waals surface area contributed by atoms with E-state index in [-0.39, 0.29) is 17.9 Å². The van der Waals surface area contributed by atoms with Gasteiger partial charge in [-0.25, -0.2) is 0 Å². The normalized spacial score (nSPS) is 11.5. The third kappa shape index (κ3) is 5.11. The Balaban J connectivity index is 2.64. The summed E-state index contributed by atoms with van der Waals surface area (Å²) >= 11 is 0. The van der Waals surface area contributed by atoms with Crippen LogP contribution >= 0.6 is 0 Å². The SMILES string of the molecule is CCOCC(=O)c1ccc(CC(C)(C)N)cc1. The van der Waals surface area contributed by atoms with Crippen LogP contribution in [0.15, 0.2) is 24.3 Å². The largest absolute Gasteiger partial charge is 0.374 e. The fraction of sp³-hybridized carbons (Fsp3) is 0.500. The standard InChI is InChI=1S/C14H21NO2/c1-4-17-10-13(16)12-7-5-11(6-8-12)9-14(2,3)15/h5-8H,4,9-10,15H2,1-3H3. The first-order valence-electron chi connectivity index (χ1n) is 5.91. The van der Waals surface area contributed by atoms with Gasteiger partial charge in [-0.3, -0.25) is 4.79 Å². The Labute approximate surface area is 103 Å². The Morgan fingerprint density at radius 3 is 2.35 bits per heavy atom. The Bertz CT molecular complexity index is 363. The van der Waals surface area contributed by atoms with Gasteiger partial charge >= 0.3 is 0 Å². The Kier molecular flexibility index (Phi) is 4.85. The van der Waals surface area contributed by atoms with E-state index in [0.29, 0.717) is 12.2 Å². The lowest BCUT2D eigenvalue weighted by molar-refractivity contribution is 0.0783. The van der Waals surface area contributed by atoms with Gasteiger partial charge in [0.1, 0.15) is 6.61 Å². The third-order valence-corrected chi connectivity index (χ3v) is 2.37. The predicted octanol–water partition coefficient (Wildman–Crippen LogP) is 2.19. The van der Waals surface area contributed by atoms with Crippen LogP contribution in [0.2, 0.25) is 0 Å². The highest BCUT2D eigenvalue weighted by atomic mass is 16.5. The molecule has 3 heteroatoms. The Morgan fingerprint density at radius 2 is 1.88 bits per heavy atom. The molecule has 0 amide bonds. The molecule has 1 rings (SSSR count). The first kappa shape index (κ1) is 13.9. The van der Waals surface area contributed by atoms with Gasteiger partial charge in [-0.05, 0) is 32.8 Å². The van der Waals surface area contributed by atoms with Crippen LogP contribution < -0.4 is 5.73 Å². The van der Waals surface area contributed by atoms with E-state index in [2.05, 4.69) is 0 Å². The van der Waals surface area contributed by atoms with Gasteiger partial charge < -0.3 is 10.5 Å². The summed E-state index contributed by atoms with van der Waals surface area (Å²) in [4.78, 5) is 11.7. The number of ether oxygens (including phenoxy) is 1. The first-order chi connectivity index (χ1) is 7.92. The number of carbonyl (C=O) groups excluding carboxylic acids is 1. The fourth-order valence-electron chi connectivity index (χ4n) is 1.61. The van der Waals surface area contributed by atoms with Crippen LogP contribution in [0.5, 0.6) is 0 Å². The summed E-state index contributed by atoms with van der Waals surface area (Å²) in [6, 6.07) is 7.58. The highest BCUT2D eigenvalue weighted by molar-refractivity contribution is 5.97. The van der Waals surface area contributed by atoms with Gasteiger partial charge in [0.15, 0.2) is 5.78 Å². The molecule has 0 aromatic heterocycles. The molecular formula is C14H21NO2. The molecule has 0 aliphatic rings. The number of hydrogen-bond acceptors (Lipinski definition) is 3. The van der Waals surface area contributed by atoms with E-state index in [1.807, 2.05) is 45.0 Å². The summed E-state index contributed by atoms with van der Waals surface area (Å²) in [5, 5.41) is 0. The lowest BCUT2D eigenvalue weighted by Gasteiger charge is -2.18. The molecule has 0 saturated heterocycles. The zero-order valence-corrected chi connectivity index (χ0v) is 10.8. The zero-order chi connectivity index (χ0) is 12.9. The second-order valence-electron chi connectivity index (χ2n) is 4.92. The Morgan fingerprint density at radius 1 is 1.29 bits per heavy atom. The lowest BCUT2D eigenvalue weighted by Crippen LogP contribution is -2.34. The second kappa shape index (κ2) is 5.94. The molecule has 2 N–H and O–H groups in total. The summed E-state index contributed by atoms with van der Waals surface area (Å²) in [6.07, 6.45) is 0.799. The van der Waals surface area contributed by atoms with Crippen LogP contribution in [-0.4, -0.2) is 24.5 Å². The van der Waals surface area contributed by atoms with Crippen LogP contribution in [0.25, 0.3) is 0 Å². The van der Waals surface area contributed by atoms with E-state index in [4.69, 9.17) is 10.5 Å². The minimum Gasteiger partial charge on any atom is -0.374 e. The highest BCUT2D eigenvalue weighted by Crippen LogP contribution is 2.11. The molecule has 17 heavy (non-hydrogen) atoms. The van der Waals surface area contributed by atoms with Crippen molar-refractivity contribution >= 4 is 5.78 Å². The molecule has 0 bridgehead atoms. The second-order valence-corrected chi connectivity index (χ2v) is 4.92. The van der Waals surface area contributed by atoms with Gasteiger partial charge in [0, 0.05) is 17.7 Å². The van der Waals surface area contributed by atoms with Crippen LogP contribution in [0, 0.1) is 0 Å². The van der Waals surface area contributed by atoms with E-state index >= 15 is 0 Å². The van der Waals surface area contributed by atoms with Gasteiger partial charge in [-0.15, -0.1) is 0 Å². The fourth-order valence-corrected chi connectivity index (χ4v) is 1.61. The van der Waals surface area contributed by atoms with Gasteiger partial charge in [0.05, 0.1) is 0 Å². The molecular weight excluding hydrogens is 214 g/mol. The van der Waals surface area contributed by atoms with Crippen LogP contribution in [0.1, 0.15) is 36.7 Å². The summed E-state index contributed by atoms with van der Waals surface area (Å²) < 4.78 is 5.09. The quantitative estimate of drug-likeness (QED) is 0.769. The molecule has 0 unspecified atom stereocenters. The van der Waals surface area contributed by atoms with Gasteiger partial charge in [0.25, 0.3) is 0 Å². The lowest BCUT2D eigenvalue weighted by atomic mass is 9.95. The molecule has 0 radical (unpaired) electrons. The minimum atomic E-state index is -0.225. The van der Waals surface area contributed by atoms with E-state index < -0.39 is 0 Å². The number of rotatable bonds is 6. The molecule has 0 spiro atoms. The maximum absolute atomic E-state index is 11.7. The maximum Gasteiger partial charge on any atom is 0.188 e. The predicted molar refractivity (Wildman–Crippen MR) is 69.2 cm³/mol. The van der Waals surface area contributed by atoms with Crippen molar-refractivity contribution in [3.8, 4) is 0 Å². The average Bonchev–Trinajstić information content (AvgIpc) is 2.24. The van der Waals surface area contributed by atoms with E-state index in [1.165, 1.54) is 0 Å². The van der Waals surface area contributed by atoms with Crippen molar-refractivity contribution in [2.45, 2.75) is 32.7 Å². The molecule has 0 heterocycles. The molecule has 0 atom stereocenters. The molecule has 0 fully saturated rings. The summed E-state index contributed by atoms with van der Waals surface area (Å²) in [6.45, 7) is 6.56. The van der Waals surface area contributed by atoms with E-state index in [9.17, 15) is 4.79 Å². The topological polar surface area (TPSA) is 52.3 Å². The van der Waals surface area contributed by atoms with Gasteiger partial charge in [-0.1, -0.05) is 24.3 Å². The van der Waals surface area contributed by atoms with Crippen LogP contribution in [0.4, 0.5) is 0 Å². The molecule has 3 nitrogen and oxygen atoms in total. The molecule has 0 aliphatic heterocycles. The third-order valence-electron chi connectivity index (χ3n) is 2.37. The number of carbonyl (C=O) groups is 1. The molecule has 0 aliphatic carbocycles. The van der Waals surface area contributed by atoms with E-state index in [0.717, 1.165) is 12.0 Å².